The van der Waals surface area contributed by atoms with Crippen molar-refractivity contribution in [1.82, 2.24) is 15.6 Å². The molecule has 18 heavy (non-hydrogen) atoms. The molecule has 0 aliphatic carbocycles. The highest BCUT2D eigenvalue weighted by Crippen LogP contribution is 2.16. The Morgan fingerprint density at radius 1 is 1.33 bits per heavy atom. The van der Waals surface area contributed by atoms with Crippen LogP contribution in [0.3, 0.4) is 0 Å². The van der Waals surface area contributed by atoms with Crippen LogP contribution in [0.15, 0.2) is 36.5 Å². The van der Waals surface area contributed by atoms with Crippen LogP contribution in [0.4, 0.5) is 0 Å². The fraction of sp³-hybridized carbons (Fsp3) is 0.286. The van der Waals surface area contributed by atoms with Crippen molar-refractivity contribution in [2.24, 2.45) is 0 Å². The first-order valence-corrected chi connectivity index (χ1v) is 6.20. The van der Waals surface area contributed by atoms with Gasteiger partial charge >= 0.3 is 0 Å². The molecule has 1 aromatic carbocycles. The van der Waals surface area contributed by atoms with E-state index >= 15 is 0 Å². The molecule has 1 aliphatic heterocycles. The Bertz CT molecular complexity index is 571. The van der Waals surface area contributed by atoms with Crippen LogP contribution in [0.1, 0.15) is 16.9 Å². The second kappa shape index (κ2) is 4.74. The summed E-state index contributed by atoms with van der Waals surface area (Å²) in [6, 6.07) is 9.96. The van der Waals surface area contributed by atoms with Crippen LogP contribution >= 0.6 is 0 Å². The van der Waals surface area contributed by atoms with Crippen molar-refractivity contribution in [2.75, 3.05) is 13.1 Å². The summed E-state index contributed by atoms with van der Waals surface area (Å²) in [6.07, 6.45) is 2.67. The zero-order valence-electron chi connectivity index (χ0n) is 10.0. The number of fused-ring (bicyclic) bond motifs is 1. The highest BCUT2D eigenvalue weighted by atomic mass is 16.1. The van der Waals surface area contributed by atoms with Crippen LogP contribution < -0.4 is 10.6 Å². The van der Waals surface area contributed by atoms with Crippen LogP contribution in [0, 0.1) is 0 Å². The summed E-state index contributed by atoms with van der Waals surface area (Å²) in [4.78, 5) is 16.4. The monoisotopic (exact) mass is 241 g/mol. The van der Waals surface area contributed by atoms with Gasteiger partial charge in [-0.1, -0.05) is 24.3 Å². The van der Waals surface area contributed by atoms with Crippen molar-refractivity contribution in [3.63, 3.8) is 0 Å². The topological polar surface area (TPSA) is 54.0 Å². The molecular weight excluding hydrogens is 226 g/mol. The Labute approximate surface area is 105 Å². The van der Waals surface area contributed by atoms with Gasteiger partial charge in [0.2, 0.25) is 0 Å². The Morgan fingerprint density at radius 3 is 3.06 bits per heavy atom. The maximum Gasteiger partial charge on any atom is 0.270 e. The number of benzene rings is 1. The van der Waals surface area contributed by atoms with E-state index in [1.165, 1.54) is 0 Å². The summed E-state index contributed by atoms with van der Waals surface area (Å²) in [5.41, 5.74) is 0.514. The molecule has 4 heteroatoms. The second-order valence-electron chi connectivity index (χ2n) is 4.54. The van der Waals surface area contributed by atoms with Crippen molar-refractivity contribution in [3.8, 4) is 0 Å². The molecule has 2 N–H and O–H groups in total. The third kappa shape index (κ3) is 2.07. The Balaban J connectivity index is 1.91. The minimum atomic E-state index is -0.0829. The largest absolute Gasteiger partial charge is 0.347 e. The van der Waals surface area contributed by atoms with Gasteiger partial charge in [-0.2, -0.15) is 0 Å². The first-order valence-electron chi connectivity index (χ1n) is 6.20. The average molecular weight is 241 g/mol. The lowest BCUT2D eigenvalue weighted by molar-refractivity contribution is 0.0937. The maximum absolute atomic E-state index is 12.2. The third-order valence-corrected chi connectivity index (χ3v) is 3.28. The number of carbonyl (C=O) groups excluding carboxylic acids is 1. The Morgan fingerprint density at radius 2 is 2.22 bits per heavy atom. The summed E-state index contributed by atoms with van der Waals surface area (Å²) >= 11 is 0. The van der Waals surface area contributed by atoms with Gasteiger partial charge in [0.05, 0.1) is 0 Å². The lowest BCUT2D eigenvalue weighted by Gasteiger charge is -2.11. The van der Waals surface area contributed by atoms with E-state index in [0.29, 0.717) is 5.69 Å². The molecule has 2 heterocycles. The first kappa shape index (κ1) is 11.2. The Kier molecular flexibility index (Phi) is 2.94. The fourth-order valence-corrected chi connectivity index (χ4v) is 2.33. The van der Waals surface area contributed by atoms with Crippen molar-refractivity contribution in [2.45, 2.75) is 12.5 Å². The van der Waals surface area contributed by atoms with E-state index in [-0.39, 0.29) is 11.9 Å². The molecule has 1 saturated heterocycles. The molecule has 2 aromatic rings. The molecule has 0 bridgehead atoms. The minimum Gasteiger partial charge on any atom is -0.347 e. The predicted octanol–water partition coefficient (Wildman–Crippen LogP) is 1.33. The van der Waals surface area contributed by atoms with Crippen LogP contribution in [0.2, 0.25) is 0 Å². The number of nitrogens with zero attached hydrogens (tertiary/aromatic N) is 1. The van der Waals surface area contributed by atoms with Gasteiger partial charge in [0, 0.05) is 24.2 Å². The normalized spacial score (nSPS) is 19.0. The van der Waals surface area contributed by atoms with E-state index < -0.39 is 0 Å². The SMILES string of the molecule is O=C(NC1CCNC1)c1nccc2ccccc12. The third-order valence-electron chi connectivity index (χ3n) is 3.28. The van der Waals surface area contributed by atoms with Gasteiger partial charge in [0.1, 0.15) is 5.69 Å². The van der Waals surface area contributed by atoms with E-state index in [2.05, 4.69) is 15.6 Å². The molecule has 0 radical (unpaired) electrons. The predicted molar refractivity (Wildman–Crippen MR) is 70.5 cm³/mol. The summed E-state index contributed by atoms with van der Waals surface area (Å²) in [5.74, 6) is -0.0829. The molecule has 4 nitrogen and oxygen atoms in total. The molecule has 1 atom stereocenters. The highest BCUT2D eigenvalue weighted by molar-refractivity contribution is 6.05. The summed E-state index contributed by atoms with van der Waals surface area (Å²) in [7, 11) is 0. The average Bonchev–Trinajstić information content (AvgIpc) is 2.91. The van der Waals surface area contributed by atoms with Gasteiger partial charge in [-0.25, -0.2) is 0 Å². The zero-order valence-corrected chi connectivity index (χ0v) is 10.0. The molecule has 1 aromatic heterocycles. The van der Waals surface area contributed by atoms with Crippen molar-refractivity contribution >= 4 is 16.7 Å². The number of carbonyl (C=O) groups is 1. The van der Waals surface area contributed by atoms with Gasteiger partial charge in [-0.3, -0.25) is 9.78 Å². The lowest BCUT2D eigenvalue weighted by atomic mass is 10.1. The molecule has 1 amide bonds. The minimum absolute atomic E-state index is 0.0829. The molecule has 3 rings (SSSR count). The van der Waals surface area contributed by atoms with E-state index in [9.17, 15) is 4.79 Å². The molecular formula is C14H15N3O. The van der Waals surface area contributed by atoms with E-state index in [4.69, 9.17) is 0 Å². The number of nitrogens with one attached hydrogen (secondary N) is 2. The standard InChI is InChI=1S/C14H15N3O/c18-14(17-11-6-7-15-9-11)13-12-4-2-1-3-10(12)5-8-16-13/h1-5,8,11,15H,6-7,9H2,(H,17,18). The molecule has 0 spiro atoms. The smallest absolute Gasteiger partial charge is 0.270 e. The zero-order chi connectivity index (χ0) is 12.4. The molecule has 0 saturated carbocycles. The van der Waals surface area contributed by atoms with Gasteiger partial charge in [-0.05, 0) is 24.4 Å². The van der Waals surface area contributed by atoms with E-state index in [0.717, 1.165) is 30.3 Å². The van der Waals surface area contributed by atoms with E-state index in [1.54, 1.807) is 6.20 Å². The quantitative estimate of drug-likeness (QED) is 0.834. The van der Waals surface area contributed by atoms with Crippen LogP contribution in [0.25, 0.3) is 10.8 Å². The number of hydrogen-bond acceptors (Lipinski definition) is 3. The fourth-order valence-electron chi connectivity index (χ4n) is 2.33. The number of amides is 1. The van der Waals surface area contributed by atoms with Crippen molar-refractivity contribution < 1.29 is 4.79 Å². The summed E-state index contributed by atoms with van der Waals surface area (Å²) < 4.78 is 0. The van der Waals surface area contributed by atoms with Gasteiger partial charge in [-0.15, -0.1) is 0 Å². The van der Waals surface area contributed by atoms with Crippen LogP contribution in [-0.4, -0.2) is 30.0 Å². The maximum atomic E-state index is 12.2. The van der Waals surface area contributed by atoms with Gasteiger partial charge in [0.25, 0.3) is 5.91 Å². The summed E-state index contributed by atoms with van der Waals surface area (Å²) in [6.45, 7) is 1.81. The highest BCUT2D eigenvalue weighted by Gasteiger charge is 2.19. The second-order valence-corrected chi connectivity index (χ2v) is 4.54. The van der Waals surface area contributed by atoms with Crippen LogP contribution in [0.5, 0.6) is 0 Å². The summed E-state index contributed by atoms with van der Waals surface area (Å²) in [5, 5.41) is 8.20. The lowest BCUT2D eigenvalue weighted by Crippen LogP contribution is -2.36. The number of pyridine rings is 1. The van der Waals surface area contributed by atoms with Crippen LogP contribution in [-0.2, 0) is 0 Å². The molecule has 1 unspecified atom stereocenters. The molecule has 1 fully saturated rings. The van der Waals surface area contributed by atoms with Crippen molar-refractivity contribution in [3.05, 3.63) is 42.2 Å². The van der Waals surface area contributed by atoms with E-state index in [1.807, 2.05) is 30.3 Å². The number of rotatable bonds is 2. The number of hydrogen-bond donors (Lipinski definition) is 2. The molecule has 1 aliphatic rings. The van der Waals surface area contributed by atoms with Gasteiger partial charge in [0.15, 0.2) is 0 Å². The van der Waals surface area contributed by atoms with Crippen molar-refractivity contribution in [1.29, 1.82) is 0 Å². The first-order chi connectivity index (χ1) is 8.84. The van der Waals surface area contributed by atoms with Gasteiger partial charge < -0.3 is 10.6 Å². The number of aromatic nitrogens is 1. The molecule has 92 valence electrons. The Hall–Kier alpha value is -1.94.